The van der Waals surface area contributed by atoms with E-state index in [-0.39, 0.29) is 55.5 Å². The number of hydrogen-bond donors (Lipinski definition) is 0. The molecule has 0 amide bonds. The van der Waals surface area contributed by atoms with Crippen molar-refractivity contribution in [3.8, 4) is 0 Å². The maximum atomic E-state index is 2.47. The topological polar surface area (TPSA) is 0 Å². The Morgan fingerprint density at radius 1 is 0.676 bits per heavy atom. The molecule has 0 N–H and O–H groups in total. The number of hydrogen-bond acceptors (Lipinski definition) is 0. The molecule has 0 heterocycles. The van der Waals surface area contributed by atoms with Gasteiger partial charge in [0.25, 0.3) is 0 Å². The van der Waals surface area contributed by atoms with E-state index in [0.29, 0.717) is 5.92 Å². The van der Waals surface area contributed by atoms with Crippen LogP contribution in [0.4, 0.5) is 0 Å². The van der Waals surface area contributed by atoms with Gasteiger partial charge in [-0.15, -0.1) is 0 Å². The van der Waals surface area contributed by atoms with Crippen LogP contribution in [0.2, 0.25) is 0 Å². The molecule has 3 aliphatic carbocycles. The van der Waals surface area contributed by atoms with Crippen molar-refractivity contribution in [2.75, 3.05) is 0 Å². The quantitative estimate of drug-likeness (QED) is 0.226. The smallest absolute Gasteiger partial charge is 0.358 e. The van der Waals surface area contributed by atoms with E-state index in [1.807, 2.05) is 0 Å². The maximum Gasteiger partial charge on any atom is 4.00 e. The largest absolute Gasteiger partial charge is 4.00 e. The first-order valence-corrected chi connectivity index (χ1v) is 13.2. The summed E-state index contributed by atoms with van der Waals surface area (Å²) in [5.74, 6) is 7.67. The standard InChI is InChI=1S/C22H24.C10H20.4CH3.Hf/c1-16(17-7-3-2-4-8-17)15-20-14-13-19-12-11-18-9-5-6-10-21(18)22(19)20;1-6-7(2)9(4)10(5)8(6)3;;;;;/h2-12,16,19-20,22H,13-15H2,1H3;6-10H,1-5H3;4*1H3;/q;;4*-1;+4. The Morgan fingerprint density at radius 2 is 1.16 bits per heavy atom. The van der Waals surface area contributed by atoms with Crippen LogP contribution in [0.25, 0.3) is 6.08 Å². The van der Waals surface area contributed by atoms with E-state index in [1.54, 1.807) is 5.56 Å². The third-order valence-electron chi connectivity index (χ3n) is 9.89. The fraction of sp³-hybridized carbons (Fsp3) is 0.500. The van der Waals surface area contributed by atoms with Gasteiger partial charge in [-0.05, 0) is 89.2 Å². The van der Waals surface area contributed by atoms with Crippen LogP contribution in [0.15, 0.2) is 60.7 Å². The normalized spacial score (nSPS) is 31.2. The Kier molecular flexibility index (Phi) is 17.4. The molecule has 2 fully saturated rings. The number of rotatable bonds is 3. The fourth-order valence-electron chi connectivity index (χ4n) is 7.04. The molecule has 2 aromatic carbocycles. The second-order valence-electron chi connectivity index (χ2n) is 11.4. The summed E-state index contributed by atoms with van der Waals surface area (Å²) in [7, 11) is 0. The van der Waals surface area contributed by atoms with Crippen molar-refractivity contribution < 1.29 is 25.8 Å². The number of benzene rings is 2. The summed E-state index contributed by atoms with van der Waals surface area (Å²) < 4.78 is 0. The summed E-state index contributed by atoms with van der Waals surface area (Å²) in [6.45, 7) is 14.4. The molecule has 37 heavy (non-hydrogen) atoms. The second kappa shape index (κ2) is 16.9. The van der Waals surface area contributed by atoms with E-state index in [2.05, 4.69) is 108 Å². The summed E-state index contributed by atoms with van der Waals surface area (Å²) in [6, 6.07) is 20.0. The Labute approximate surface area is 251 Å². The van der Waals surface area contributed by atoms with Crippen molar-refractivity contribution in [3.05, 3.63) is 107 Å². The van der Waals surface area contributed by atoms with E-state index in [1.165, 1.54) is 30.4 Å². The van der Waals surface area contributed by atoms with Crippen molar-refractivity contribution in [1.82, 2.24) is 0 Å². The van der Waals surface area contributed by atoms with Gasteiger partial charge in [0, 0.05) is 0 Å². The molecular formula is C36H56Hf. The molecule has 204 valence electrons. The summed E-state index contributed by atoms with van der Waals surface area (Å²) in [5, 5.41) is 0. The van der Waals surface area contributed by atoms with Gasteiger partial charge in [-0.2, -0.15) is 0 Å². The zero-order valence-electron chi connectivity index (χ0n) is 25.7. The SMILES string of the molecule is CC(CC1CCC2C=Cc3ccccc3C21)c1ccccc1.CC1C(C)C(C)C(C)C1C.[CH3-].[CH3-].[CH3-].[CH3-].[Hf+4]. The average Bonchev–Trinajstić information content (AvgIpc) is 3.31. The van der Waals surface area contributed by atoms with Gasteiger partial charge >= 0.3 is 25.8 Å². The minimum absolute atomic E-state index is 0. The van der Waals surface area contributed by atoms with E-state index >= 15 is 0 Å². The van der Waals surface area contributed by atoms with Gasteiger partial charge in [-0.1, -0.05) is 108 Å². The number of fused-ring (bicyclic) bond motifs is 3. The Hall–Kier alpha value is -0.950. The van der Waals surface area contributed by atoms with E-state index in [0.717, 1.165) is 47.3 Å². The fourth-order valence-corrected chi connectivity index (χ4v) is 7.04. The first-order chi connectivity index (χ1) is 15.4. The van der Waals surface area contributed by atoms with Crippen molar-refractivity contribution in [1.29, 1.82) is 0 Å². The van der Waals surface area contributed by atoms with Crippen LogP contribution < -0.4 is 0 Å². The number of allylic oxidation sites excluding steroid dienone is 1. The van der Waals surface area contributed by atoms with Crippen LogP contribution in [0.3, 0.4) is 0 Å². The summed E-state index contributed by atoms with van der Waals surface area (Å²) in [6.07, 6.45) is 8.87. The monoisotopic (exact) mass is 668 g/mol. The van der Waals surface area contributed by atoms with Gasteiger partial charge in [-0.3, -0.25) is 0 Å². The van der Waals surface area contributed by atoms with Gasteiger partial charge in [0.2, 0.25) is 0 Å². The first-order valence-electron chi connectivity index (χ1n) is 13.2. The summed E-state index contributed by atoms with van der Waals surface area (Å²) in [4.78, 5) is 0. The molecule has 4 unspecified atom stereocenters. The molecular weight excluding hydrogens is 611 g/mol. The molecule has 0 nitrogen and oxygen atoms in total. The predicted molar refractivity (Wildman–Crippen MR) is 165 cm³/mol. The Balaban J connectivity index is 0. The third-order valence-corrected chi connectivity index (χ3v) is 9.89. The third kappa shape index (κ3) is 8.27. The molecule has 0 bridgehead atoms. The van der Waals surface area contributed by atoms with Gasteiger partial charge in [0.15, 0.2) is 0 Å². The molecule has 0 saturated heterocycles. The molecule has 0 aromatic heterocycles. The van der Waals surface area contributed by atoms with Crippen LogP contribution in [0, 0.1) is 71.1 Å². The van der Waals surface area contributed by atoms with E-state index in [4.69, 9.17) is 0 Å². The van der Waals surface area contributed by atoms with Crippen LogP contribution >= 0.6 is 0 Å². The zero-order chi connectivity index (χ0) is 22.8. The Bertz CT molecular complexity index is 855. The van der Waals surface area contributed by atoms with Gasteiger partial charge in [-0.25, -0.2) is 0 Å². The molecule has 2 aromatic rings. The molecule has 5 rings (SSSR count). The minimum atomic E-state index is 0. The van der Waals surface area contributed by atoms with Crippen molar-refractivity contribution in [2.45, 2.75) is 72.6 Å². The molecule has 1 heteroatoms. The zero-order valence-corrected chi connectivity index (χ0v) is 29.3. The van der Waals surface area contributed by atoms with Crippen LogP contribution in [-0.4, -0.2) is 0 Å². The molecule has 4 atom stereocenters. The molecule has 0 radical (unpaired) electrons. The van der Waals surface area contributed by atoms with Crippen molar-refractivity contribution in [2.24, 2.45) is 41.4 Å². The first kappa shape index (κ1) is 38.2. The van der Waals surface area contributed by atoms with E-state index in [9.17, 15) is 0 Å². The molecule has 2 saturated carbocycles. The van der Waals surface area contributed by atoms with Crippen LogP contribution in [0.5, 0.6) is 0 Å². The summed E-state index contributed by atoms with van der Waals surface area (Å²) >= 11 is 0. The molecule has 3 aliphatic rings. The Morgan fingerprint density at radius 3 is 1.70 bits per heavy atom. The summed E-state index contributed by atoms with van der Waals surface area (Å²) in [5.41, 5.74) is 4.53. The van der Waals surface area contributed by atoms with Crippen molar-refractivity contribution in [3.63, 3.8) is 0 Å². The van der Waals surface area contributed by atoms with Crippen molar-refractivity contribution >= 4 is 6.08 Å². The maximum absolute atomic E-state index is 2.47. The van der Waals surface area contributed by atoms with Gasteiger partial charge in [0.05, 0.1) is 0 Å². The molecule has 0 spiro atoms. The van der Waals surface area contributed by atoms with Gasteiger partial charge in [0.1, 0.15) is 0 Å². The average molecular weight is 667 g/mol. The van der Waals surface area contributed by atoms with Crippen LogP contribution in [-0.2, 0) is 25.8 Å². The van der Waals surface area contributed by atoms with E-state index < -0.39 is 0 Å². The second-order valence-corrected chi connectivity index (χ2v) is 11.4. The van der Waals surface area contributed by atoms with Gasteiger partial charge < -0.3 is 29.7 Å². The predicted octanol–water partition coefficient (Wildman–Crippen LogP) is 11.0. The van der Waals surface area contributed by atoms with Crippen LogP contribution in [0.1, 0.15) is 89.3 Å². The molecule has 0 aliphatic heterocycles. The minimum Gasteiger partial charge on any atom is -0.358 e.